The van der Waals surface area contributed by atoms with Crippen LogP contribution in [0.4, 0.5) is 10.3 Å². The molecular formula is C22H14FN5O2. The van der Waals surface area contributed by atoms with Gasteiger partial charge in [0.15, 0.2) is 11.6 Å². The number of nitrogens with two attached hydrogens (primary N) is 1. The summed E-state index contributed by atoms with van der Waals surface area (Å²) in [6.45, 7) is 0. The number of fused-ring (bicyclic) bond motifs is 3. The van der Waals surface area contributed by atoms with Crippen molar-refractivity contribution in [3.8, 4) is 22.6 Å². The molecule has 0 bridgehead atoms. The van der Waals surface area contributed by atoms with Crippen LogP contribution in [-0.2, 0) is 0 Å². The zero-order valence-electron chi connectivity index (χ0n) is 15.5. The summed E-state index contributed by atoms with van der Waals surface area (Å²) in [4.78, 5) is 25.3. The highest BCUT2D eigenvalue weighted by Crippen LogP contribution is 2.30. The second-order valence-electron chi connectivity index (χ2n) is 6.77. The first kappa shape index (κ1) is 17.7. The lowest BCUT2D eigenvalue weighted by atomic mass is 10.0. The Morgan fingerprint density at radius 1 is 0.900 bits per heavy atom. The molecule has 3 N–H and O–H groups in total. The third kappa shape index (κ3) is 2.82. The SMILES string of the molecule is Nc1ncc(-c2ccc3ncc4ccc(=O)n(-c5ccc(F)c(O)c5)c4c3c2)cn1. The molecule has 3 heterocycles. The van der Waals surface area contributed by atoms with Crippen LogP contribution in [-0.4, -0.2) is 24.6 Å². The van der Waals surface area contributed by atoms with Crippen molar-refractivity contribution in [1.29, 1.82) is 0 Å². The number of nitrogens with zero attached hydrogens (tertiary/aromatic N) is 4. The number of anilines is 1. The van der Waals surface area contributed by atoms with Gasteiger partial charge in [0.25, 0.3) is 5.56 Å². The lowest BCUT2D eigenvalue weighted by Gasteiger charge is -2.13. The quantitative estimate of drug-likeness (QED) is 0.441. The minimum absolute atomic E-state index is 0.177. The van der Waals surface area contributed by atoms with Crippen LogP contribution >= 0.6 is 0 Å². The summed E-state index contributed by atoms with van der Waals surface area (Å²) in [6, 6.07) is 12.5. The third-order valence-corrected chi connectivity index (χ3v) is 4.91. The minimum atomic E-state index is -0.760. The molecule has 2 aromatic carbocycles. The molecule has 0 aliphatic carbocycles. The van der Waals surface area contributed by atoms with Gasteiger partial charge in [0.1, 0.15) is 0 Å². The number of phenolic OH excluding ortho intramolecular Hbond substituents is 1. The maximum absolute atomic E-state index is 13.6. The number of hydrogen-bond acceptors (Lipinski definition) is 6. The van der Waals surface area contributed by atoms with Gasteiger partial charge in [-0.1, -0.05) is 6.07 Å². The molecule has 0 saturated heterocycles. The molecule has 146 valence electrons. The summed E-state index contributed by atoms with van der Waals surface area (Å²) in [5.74, 6) is -1.12. The number of benzene rings is 2. The van der Waals surface area contributed by atoms with E-state index in [9.17, 15) is 14.3 Å². The first-order valence-electron chi connectivity index (χ1n) is 9.02. The van der Waals surface area contributed by atoms with Crippen molar-refractivity contribution in [1.82, 2.24) is 19.5 Å². The van der Waals surface area contributed by atoms with Crippen molar-refractivity contribution < 1.29 is 9.50 Å². The van der Waals surface area contributed by atoms with E-state index in [1.165, 1.54) is 22.8 Å². The molecule has 5 rings (SSSR count). The Balaban J connectivity index is 1.86. The molecule has 8 heteroatoms. The summed E-state index contributed by atoms with van der Waals surface area (Å²) >= 11 is 0. The van der Waals surface area contributed by atoms with Gasteiger partial charge in [-0.25, -0.2) is 14.4 Å². The van der Waals surface area contributed by atoms with Gasteiger partial charge in [-0.2, -0.15) is 0 Å². The number of phenols is 1. The first-order chi connectivity index (χ1) is 14.5. The van der Waals surface area contributed by atoms with Crippen molar-refractivity contribution in [2.75, 3.05) is 5.73 Å². The van der Waals surface area contributed by atoms with Crippen LogP contribution in [0.3, 0.4) is 0 Å². The molecule has 0 spiro atoms. The van der Waals surface area contributed by atoms with Crippen LogP contribution in [0.2, 0.25) is 0 Å². The van der Waals surface area contributed by atoms with Gasteiger partial charge in [0, 0.05) is 47.1 Å². The number of nitrogen functional groups attached to an aromatic ring is 1. The Morgan fingerprint density at radius 2 is 1.70 bits per heavy atom. The second kappa shape index (κ2) is 6.63. The Hall–Kier alpha value is -4.33. The van der Waals surface area contributed by atoms with Gasteiger partial charge in [-0.15, -0.1) is 0 Å². The normalized spacial score (nSPS) is 11.2. The van der Waals surface area contributed by atoms with E-state index >= 15 is 0 Å². The molecule has 0 amide bonds. The summed E-state index contributed by atoms with van der Waals surface area (Å²) in [6.07, 6.45) is 4.91. The topological polar surface area (TPSA) is 107 Å². The third-order valence-electron chi connectivity index (χ3n) is 4.91. The van der Waals surface area contributed by atoms with E-state index < -0.39 is 11.6 Å². The summed E-state index contributed by atoms with van der Waals surface area (Å²) in [5.41, 5.74) is 8.45. The summed E-state index contributed by atoms with van der Waals surface area (Å²) in [5, 5.41) is 11.3. The zero-order valence-corrected chi connectivity index (χ0v) is 15.5. The van der Waals surface area contributed by atoms with E-state index in [0.717, 1.165) is 22.6 Å². The molecule has 0 radical (unpaired) electrons. The highest BCUT2D eigenvalue weighted by Gasteiger charge is 2.13. The predicted octanol–water partition coefficient (Wildman–Crippen LogP) is 3.42. The molecule has 30 heavy (non-hydrogen) atoms. The highest BCUT2D eigenvalue weighted by atomic mass is 19.1. The van der Waals surface area contributed by atoms with Gasteiger partial charge in [0.2, 0.25) is 5.95 Å². The second-order valence-corrected chi connectivity index (χ2v) is 6.77. The maximum atomic E-state index is 13.6. The average molecular weight is 399 g/mol. The van der Waals surface area contributed by atoms with E-state index in [2.05, 4.69) is 15.0 Å². The molecule has 3 aromatic heterocycles. The van der Waals surface area contributed by atoms with Crippen LogP contribution in [0.15, 0.2) is 71.9 Å². The van der Waals surface area contributed by atoms with Gasteiger partial charge < -0.3 is 10.8 Å². The van der Waals surface area contributed by atoms with Gasteiger partial charge in [0.05, 0.1) is 16.7 Å². The largest absolute Gasteiger partial charge is 0.505 e. The van der Waals surface area contributed by atoms with Crippen LogP contribution in [0, 0.1) is 5.82 Å². The molecule has 0 aliphatic heterocycles. The number of aromatic hydroxyl groups is 1. The lowest BCUT2D eigenvalue weighted by molar-refractivity contribution is 0.432. The minimum Gasteiger partial charge on any atom is -0.505 e. The standard InChI is InChI=1S/C22H14FN5O2/c23-17-4-3-15(8-19(17)29)28-20(30)6-2-13-9-25-18-5-1-12(7-16(18)21(13)28)14-10-26-22(24)27-11-14/h1-11,29H,(H2,24,26,27). The molecule has 0 saturated carbocycles. The first-order valence-corrected chi connectivity index (χ1v) is 9.02. The molecule has 5 aromatic rings. The Morgan fingerprint density at radius 3 is 2.47 bits per heavy atom. The molecular weight excluding hydrogens is 385 g/mol. The molecule has 7 nitrogen and oxygen atoms in total. The maximum Gasteiger partial charge on any atom is 0.255 e. The number of hydrogen-bond donors (Lipinski definition) is 2. The number of halogens is 1. The van der Waals surface area contributed by atoms with Crippen molar-refractivity contribution in [3.05, 3.63) is 83.3 Å². The van der Waals surface area contributed by atoms with E-state index in [1.54, 1.807) is 24.7 Å². The Bertz CT molecular complexity index is 1500. The fraction of sp³-hybridized carbons (Fsp3) is 0. The van der Waals surface area contributed by atoms with E-state index in [-0.39, 0.29) is 11.5 Å². The van der Waals surface area contributed by atoms with Crippen molar-refractivity contribution in [3.63, 3.8) is 0 Å². The molecule has 0 atom stereocenters. The number of pyridine rings is 2. The highest BCUT2D eigenvalue weighted by molar-refractivity contribution is 6.05. The fourth-order valence-corrected chi connectivity index (χ4v) is 3.47. The van der Waals surface area contributed by atoms with Gasteiger partial charge >= 0.3 is 0 Å². The predicted molar refractivity (Wildman–Crippen MR) is 112 cm³/mol. The van der Waals surface area contributed by atoms with E-state index in [0.29, 0.717) is 22.1 Å². The van der Waals surface area contributed by atoms with E-state index in [4.69, 9.17) is 5.73 Å². The molecule has 0 aliphatic rings. The number of rotatable bonds is 2. The Labute approximate surface area is 168 Å². The van der Waals surface area contributed by atoms with Crippen molar-refractivity contribution in [2.45, 2.75) is 0 Å². The van der Waals surface area contributed by atoms with Gasteiger partial charge in [-0.3, -0.25) is 14.3 Å². The number of aromatic nitrogens is 4. The Kier molecular flexibility index (Phi) is 3.92. The van der Waals surface area contributed by atoms with Crippen molar-refractivity contribution in [2.24, 2.45) is 0 Å². The van der Waals surface area contributed by atoms with Gasteiger partial charge in [-0.05, 0) is 35.9 Å². The van der Waals surface area contributed by atoms with Crippen LogP contribution in [0.1, 0.15) is 0 Å². The van der Waals surface area contributed by atoms with Crippen LogP contribution < -0.4 is 11.3 Å². The summed E-state index contributed by atoms with van der Waals surface area (Å²) < 4.78 is 15.0. The molecule has 0 fully saturated rings. The van der Waals surface area contributed by atoms with Crippen LogP contribution in [0.25, 0.3) is 38.6 Å². The fourth-order valence-electron chi connectivity index (χ4n) is 3.47. The lowest BCUT2D eigenvalue weighted by Crippen LogP contribution is -2.17. The smallest absolute Gasteiger partial charge is 0.255 e. The van der Waals surface area contributed by atoms with E-state index in [1.807, 2.05) is 18.2 Å². The average Bonchev–Trinajstić information content (AvgIpc) is 2.76. The zero-order chi connectivity index (χ0) is 20.8. The van der Waals surface area contributed by atoms with Crippen LogP contribution in [0.5, 0.6) is 5.75 Å². The van der Waals surface area contributed by atoms with Crippen molar-refractivity contribution >= 4 is 27.8 Å². The molecule has 0 unspecified atom stereocenters. The summed E-state index contributed by atoms with van der Waals surface area (Å²) in [7, 11) is 0. The monoisotopic (exact) mass is 399 g/mol.